The Morgan fingerprint density at radius 2 is 2.16 bits per heavy atom. The van der Waals surface area contributed by atoms with Gasteiger partial charge in [-0.1, -0.05) is 13.0 Å². The first-order valence-electron chi connectivity index (χ1n) is 7.61. The maximum absolute atomic E-state index is 11.9. The summed E-state index contributed by atoms with van der Waals surface area (Å²) in [5.74, 6) is -0.228. The Bertz CT molecular complexity index is 805. The Hall–Kier alpha value is -3.42. The number of anilines is 1. The van der Waals surface area contributed by atoms with Gasteiger partial charge in [0.1, 0.15) is 0 Å². The van der Waals surface area contributed by atoms with E-state index in [0.29, 0.717) is 23.4 Å². The minimum atomic E-state index is -0.520. The number of benzene rings is 2. The minimum absolute atomic E-state index is 0.153. The number of nitrogens with zero attached hydrogens (tertiary/aromatic N) is 2. The monoisotopic (exact) mass is 342 g/mol. The van der Waals surface area contributed by atoms with Crippen molar-refractivity contribution in [1.82, 2.24) is 5.43 Å². The molecule has 0 aliphatic carbocycles. The highest BCUT2D eigenvalue weighted by Gasteiger charge is 2.15. The molecule has 8 heteroatoms. The predicted molar refractivity (Wildman–Crippen MR) is 94.8 cm³/mol. The van der Waals surface area contributed by atoms with Crippen LogP contribution in [-0.2, 0) is 0 Å². The number of hydrogen-bond donors (Lipinski definition) is 2. The van der Waals surface area contributed by atoms with E-state index >= 15 is 0 Å². The molecule has 2 aromatic rings. The number of hydrazone groups is 1. The molecular formula is C17H18N4O4. The van der Waals surface area contributed by atoms with Crippen LogP contribution in [0.3, 0.4) is 0 Å². The molecule has 0 aliphatic rings. The first-order chi connectivity index (χ1) is 12.0. The lowest BCUT2D eigenvalue weighted by atomic mass is 10.2. The molecule has 0 heterocycles. The molecule has 0 aliphatic heterocycles. The fraction of sp³-hybridized carbons (Fsp3) is 0.176. The van der Waals surface area contributed by atoms with Crippen LogP contribution >= 0.6 is 0 Å². The quantitative estimate of drug-likeness (QED) is 0.347. The summed E-state index contributed by atoms with van der Waals surface area (Å²) in [5, 5.41) is 14.9. The maximum Gasteiger partial charge on any atom is 0.311 e. The van der Waals surface area contributed by atoms with Crippen molar-refractivity contribution in [2.24, 2.45) is 5.10 Å². The number of nitro groups is 1. The topological polar surface area (TPSA) is 120 Å². The summed E-state index contributed by atoms with van der Waals surface area (Å²) in [7, 11) is 0. The van der Waals surface area contributed by atoms with Gasteiger partial charge in [-0.3, -0.25) is 14.9 Å². The van der Waals surface area contributed by atoms with E-state index in [9.17, 15) is 14.9 Å². The summed E-state index contributed by atoms with van der Waals surface area (Å²) in [6.07, 6.45) is 2.07. The second-order valence-electron chi connectivity index (χ2n) is 5.16. The van der Waals surface area contributed by atoms with Crippen molar-refractivity contribution in [2.45, 2.75) is 13.3 Å². The van der Waals surface area contributed by atoms with E-state index in [1.165, 1.54) is 24.4 Å². The van der Waals surface area contributed by atoms with Crippen molar-refractivity contribution < 1.29 is 14.5 Å². The molecule has 25 heavy (non-hydrogen) atoms. The zero-order valence-electron chi connectivity index (χ0n) is 13.6. The molecule has 0 radical (unpaired) electrons. The van der Waals surface area contributed by atoms with Gasteiger partial charge in [-0.25, -0.2) is 5.43 Å². The summed E-state index contributed by atoms with van der Waals surface area (Å²) in [5.41, 5.74) is 9.10. The molecule has 0 spiro atoms. The van der Waals surface area contributed by atoms with Crippen molar-refractivity contribution in [3.63, 3.8) is 0 Å². The third-order valence-corrected chi connectivity index (χ3v) is 3.17. The summed E-state index contributed by atoms with van der Waals surface area (Å²) >= 11 is 0. The zero-order chi connectivity index (χ0) is 18.2. The third-order valence-electron chi connectivity index (χ3n) is 3.17. The van der Waals surface area contributed by atoms with E-state index in [1.807, 2.05) is 6.92 Å². The molecule has 0 bridgehead atoms. The first kappa shape index (κ1) is 17.9. The fourth-order valence-corrected chi connectivity index (χ4v) is 2.00. The summed E-state index contributed by atoms with van der Waals surface area (Å²) in [6, 6.07) is 10.9. The number of rotatable bonds is 7. The SMILES string of the molecule is CCCOc1ccc(/C=N\NC(=O)c2cccc(N)c2)cc1[N+](=O)[O-]. The minimum Gasteiger partial charge on any atom is -0.487 e. The van der Waals surface area contributed by atoms with Crippen LogP contribution in [0.5, 0.6) is 5.75 Å². The maximum atomic E-state index is 11.9. The van der Waals surface area contributed by atoms with Gasteiger partial charge in [0.05, 0.1) is 17.7 Å². The molecule has 0 saturated carbocycles. The summed E-state index contributed by atoms with van der Waals surface area (Å²) in [6.45, 7) is 2.31. The van der Waals surface area contributed by atoms with Crippen LogP contribution in [0.15, 0.2) is 47.6 Å². The van der Waals surface area contributed by atoms with Gasteiger partial charge in [0.15, 0.2) is 5.75 Å². The van der Waals surface area contributed by atoms with Crippen LogP contribution < -0.4 is 15.9 Å². The van der Waals surface area contributed by atoms with Crippen molar-refractivity contribution in [1.29, 1.82) is 0 Å². The number of ether oxygens (including phenoxy) is 1. The molecule has 0 atom stereocenters. The molecule has 8 nitrogen and oxygen atoms in total. The third kappa shape index (κ3) is 5.03. The summed E-state index contributed by atoms with van der Waals surface area (Å²) in [4.78, 5) is 22.5. The lowest BCUT2D eigenvalue weighted by Crippen LogP contribution is -2.17. The normalized spacial score (nSPS) is 10.6. The molecule has 2 rings (SSSR count). The van der Waals surface area contributed by atoms with Gasteiger partial charge < -0.3 is 10.5 Å². The largest absolute Gasteiger partial charge is 0.487 e. The van der Waals surface area contributed by atoms with Crippen LogP contribution in [0.4, 0.5) is 11.4 Å². The Morgan fingerprint density at radius 3 is 2.84 bits per heavy atom. The fourth-order valence-electron chi connectivity index (χ4n) is 2.00. The van der Waals surface area contributed by atoms with Gasteiger partial charge in [0.2, 0.25) is 0 Å². The Balaban J connectivity index is 2.08. The molecule has 0 aromatic heterocycles. The second-order valence-corrected chi connectivity index (χ2v) is 5.16. The van der Waals surface area contributed by atoms with E-state index in [-0.39, 0.29) is 11.4 Å². The summed E-state index contributed by atoms with van der Waals surface area (Å²) < 4.78 is 5.35. The van der Waals surface area contributed by atoms with Gasteiger partial charge >= 0.3 is 5.69 Å². The Morgan fingerprint density at radius 1 is 1.36 bits per heavy atom. The molecule has 0 unspecified atom stereocenters. The lowest BCUT2D eigenvalue weighted by molar-refractivity contribution is -0.385. The highest BCUT2D eigenvalue weighted by molar-refractivity contribution is 5.95. The molecule has 2 aromatic carbocycles. The van der Waals surface area contributed by atoms with E-state index in [1.54, 1.807) is 24.3 Å². The number of nitrogen functional groups attached to an aromatic ring is 1. The van der Waals surface area contributed by atoms with E-state index < -0.39 is 10.8 Å². The van der Waals surface area contributed by atoms with Gasteiger partial charge in [-0.05, 0) is 36.8 Å². The van der Waals surface area contributed by atoms with Crippen LogP contribution in [-0.4, -0.2) is 23.7 Å². The predicted octanol–water partition coefficient (Wildman–Crippen LogP) is 2.73. The van der Waals surface area contributed by atoms with Crippen LogP contribution in [0.25, 0.3) is 0 Å². The standard InChI is InChI=1S/C17H18N4O4/c1-2-8-25-16-7-6-12(9-15(16)21(23)24)11-19-20-17(22)13-4-3-5-14(18)10-13/h3-7,9-11H,2,8,18H2,1H3,(H,20,22)/b19-11-. The number of amides is 1. The number of nitrogens with one attached hydrogen (secondary N) is 1. The van der Waals surface area contributed by atoms with Gasteiger partial charge in [-0.15, -0.1) is 0 Å². The average Bonchev–Trinajstić information content (AvgIpc) is 2.60. The smallest absolute Gasteiger partial charge is 0.311 e. The highest BCUT2D eigenvalue weighted by atomic mass is 16.6. The average molecular weight is 342 g/mol. The van der Waals surface area contributed by atoms with Crippen molar-refractivity contribution in [2.75, 3.05) is 12.3 Å². The molecule has 130 valence electrons. The van der Waals surface area contributed by atoms with E-state index in [4.69, 9.17) is 10.5 Å². The first-order valence-corrected chi connectivity index (χ1v) is 7.61. The van der Waals surface area contributed by atoms with E-state index in [2.05, 4.69) is 10.5 Å². The van der Waals surface area contributed by atoms with Crippen LogP contribution in [0.1, 0.15) is 29.3 Å². The zero-order valence-corrected chi connectivity index (χ0v) is 13.6. The van der Waals surface area contributed by atoms with Gasteiger partial charge in [0, 0.05) is 22.9 Å². The molecule has 1 amide bonds. The number of nitro benzene ring substituents is 1. The number of carbonyl (C=O) groups is 1. The Kier molecular flexibility index (Phi) is 6.05. The number of carbonyl (C=O) groups excluding carboxylic acids is 1. The molecule has 3 N–H and O–H groups in total. The second kappa shape index (κ2) is 8.44. The number of nitrogens with two attached hydrogens (primary N) is 1. The molecular weight excluding hydrogens is 324 g/mol. The lowest BCUT2D eigenvalue weighted by Gasteiger charge is -2.05. The van der Waals surface area contributed by atoms with Crippen LogP contribution in [0, 0.1) is 10.1 Å². The van der Waals surface area contributed by atoms with Gasteiger partial charge in [0.25, 0.3) is 5.91 Å². The number of hydrogen-bond acceptors (Lipinski definition) is 6. The van der Waals surface area contributed by atoms with Crippen molar-refractivity contribution in [3.8, 4) is 5.75 Å². The van der Waals surface area contributed by atoms with Crippen LogP contribution in [0.2, 0.25) is 0 Å². The van der Waals surface area contributed by atoms with E-state index in [0.717, 1.165) is 6.42 Å². The van der Waals surface area contributed by atoms with Gasteiger partial charge in [-0.2, -0.15) is 5.10 Å². The molecule has 0 fully saturated rings. The van der Waals surface area contributed by atoms with Crippen molar-refractivity contribution in [3.05, 3.63) is 63.7 Å². The molecule has 0 saturated heterocycles. The Labute approximate surface area is 144 Å². The van der Waals surface area contributed by atoms with Crippen molar-refractivity contribution >= 4 is 23.5 Å². The highest BCUT2D eigenvalue weighted by Crippen LogP contribution is 2.27.